The number of imidazole rings is 3. The van der Waals surface area contributed by atoms with E-state index in [1.54, 1.807) is 25.1 Å². The van der Waals surface area contributed by atoms with Crippen molar-refractivity contribution in [1.82, 2.24) is 29.9 Å². The number of benzene rings is 9. The smallest absolute Gasteiger partial charge is 0.221 e. The Morgan fingerprint density at radius 1 is 0.336 bits per heavy atom. The van der Waals surface area contributed by atoms with Crippen LogP contribution in [0.25, 0.3) is 102 Å². The van der Waals surface area contributed by atoms with E-state index in [0.29, 0.717) is 56.5 Å². The molecule has 8 N–H and O–H groups in total. The van der Waals surface area contributed by atoms with Crippen molar-refractivity contribution in [2.45, 2.75) is 61.3 Å². The second-order valence-corrected chi connectivity index (χ2v) is 28.4. The molecule has 552 valence electrons. The van der Waals surface area contributed by atoms with Gasteiger partial charge in [0.05, 0.1) is 45.4 Å². The van der Waals surface area contributed by atoms with E-state index in [9.17, 15) is 34.8 Å². The number of ketones is 2. The number of rotatable bonds is 20. The first-order valence-electron chi connectivity index (χ1n) is 35.2. The summed E-state index contributed by atoms with van der Waals surface area (Å²) in [5, 5.41) is 45.0. The molecule has 0 atom stereocenters. The molecule has 0 fully saturated rings. The standard InChI is InChI=1S/C31H34N4O3.C29H33N5O2.C27H30N4O2/c1-19(36)15-23-17-25(18-24(30(23)38)16-20(2)37)31-32-28(21-7-11-26(12-8-21)34(3)4)29(33-31)22-9-13-27(14-10-22)35(5)6;1-17-14-21(15-18(2)28(17)36)29-31-26(20-8-10-22(11-9-20)33(4)5)27(32-29)24-13-12-23(34(6)7)16-25(24)30-19(3)35;1-16-15-22(26(33)17(2)25(16)32)27-28-23(18-7-11-20(12-8-18)30(3)4)24(29-27)19-9-13-21(14-10-19)31(5)6/h7-14,17-18,38H,15-16H2,1-6H3,(H,32,33);8-16,36H,1-7H3,(H,30,35)(H,31,32);7-15,32-33H,1-6H3,(H,28,29). The van der Waals surface area contributed by atoms with Crippen LogP contribution in [-0.2, 0) is 27.2 Å². The first-order chi connectivity index (χ1) is 50.7. The highest BCUT2D eigenvalue weighted by molar-refractivity contribution is 5.98. The van der Waals surface area contributed by atoms with Crippen LogP contribution in [0.1, 0.15) is 54.2 Å². The average Bonchev–Trinajstić information content (AvgIpc) is 1.65. The largest absolute Gasteiger partial charge is 0.507 e. The third-order valence-electron chi connectivity index (χ3n) is 18.7. The molecule has 0 saturated heterocycles. The summed E-state index contributed by atoms with van der Waals surface area (Å²) in [6.07, 6.45) is 0.145. The Morgan fingerprint density at radius 2 is 0.654 bits per heavy atom. The molecule has 0 spiro atoms. The molecule has 1 amide bonds. The SMILES string of the molecule is CC(=O)Cc1cc(-c2nc(-c3ccc(N(C)C)cc3)c(-c3ccc(N(C)C)cc3)[nH]2)cc(CC(C)=O)c1O.CC(=O)Nc1cc(N(C)C)ccc1-c1[nH]c(-c2cc(C)c(O)c(C)c2)nc1-c1ccc(N(C)C)cc1.Cc1cc(-c2nc(-c3ccc(N(C)C)cc3)c(-c3ccc(N(C)C)cc3)[nH]2)c(O)c(C)c1O. The molecule has 107 heavy (non-hydrogen) atoms. The molecule has 9 aromatic carbocycles. The fourth-order valence-corrected chi connectivity index (χ4v) is 12.6. The minimum absolute atomic E-state index is 0.00954. The van der Waals surface area contributed by atoms with Crippen LogP contribution in [0.3, 0.4) is 0 Å². The van der Waals surface area contributed by atoms with E-state index < -0.39 is 0 Å². The van der Waals surface area contributed by atoms with Crippen molar-refractivity contribution in [3.63, 3.8) is 0 Å². The molecule has 3 heterocycles. The predicted octanol–water partition coefficient (Wildman–Crippen LogP) is 16.9. The number of nitrogens with one attached hydrogen (secondary N) is 4. The van der Waals surface area contributed by atoms with Gasteiger partial charge in [0.1, 0.15) is 52.0 Å². The van der Waals surface area contributed by atoms with Crippen LogP contribution < -0.4 is 34.7 Å². The lowest BCUT2D eigenvalue weighted by atomic mass is 9.97. The number of H-pyrrole nitrogens is 3. The zero-order valence-corrected chi connectivity index (χ0v) is 64.6. The number of Topliss-reactive ketones (excluding diaryl/α,β-unsaturated/α-hetero) is 2. The normalized spacial score (nSPS) is 10.9. The zero-order chi connectivity index (χ0) is 77.6. The van der Waals surface area contributed by atoms with Crippen LogP contribution >= 0.6 is 0 Å². The lowest BCUT2D eigenvalue weighted by Crippen LogP contribution is -2.11. The molecular formula is C87H97N13O7. The minimum Gasteiger partial charge on any atom is -0.507 e. The lowest BCUT2D eigenvalue weighted by Gasteiger charge is -2.17. The molecule has 0 bridgehead atoms. The van der Waals surface area contributed by atoms with E-state index in [1.165, 1.54) is 20.8 Å². The molecule has 12 aromatic rings. The van der Waals surface area contributed by atoms with Gasteiger partial charge in [0.2, 0.25) is 5.91 Å². The van der Waals surface area contributed by atoms with E-state index in [1.807, 2.05) is 163 Å². The minimum atomic E-state index is -0.145. The maximum Gasteiger partial charge on any atom is 0.221 e. The number of carbonyl (C=O) groups excluding carboxylic acids is 3. The number of phenolic OH excluding ortho intramolecular Hbond substituents is 4. The van der Waals surface area contributed by atoms with Crippen molar-refractivity contribution in [3.8, 4) is 125 Å². The third kappa shape index (κ3) is 17.6. The van der Waals surface area contributed by atoms with E-state index in [4.69, 9.17) is 15.0 Å². The maximum absolute atomic E-state index is 12.1. The van der Waals surface area contributed by atoms with E-state index in [2.05, 4.69) is 144 Å². The summed E-state index contributed by atoms with van der Waals surface area (Å²) in [6, 6.07) is 56.3. The monoisotopic (exact) mass is 1440 g/mol. The van der Waals surface area contributed by atoms with Gasteiger partial charge in [-0.3, -0.25) is 14.4 Å². The van der Waals surface area contributed by atoms with Gasteiger partial charge in [-0.05, 0) is 167 Å². The number of phenols is 4. The molecular weight excluding hydrogens is 1340 g/mol. The van der Waals surface area contributed by atoms with Crippen LogP contribution in [0.5, 0.6) is 23.0 Å². The van der Waals surface area contributed by atoms with Crippen molar-refractivity contribution < 1.29 is 34.8 Å². The number of aromatic hydroxyl groups is 4. The molecule has 0 saturated carbocycles. The van der Waals surface area contributed by atoms with Gasteiger partial charge in [-0.2, -0.15) is 0 Å². The summed E-state index contributed by atoms with van der Waals surface area (Å²) in [5.41, 5.74) is 23.6. The van der Waals surface area contributed by atoms with Gasteiger partial charge in [0, 0.05) is 200 Å². The Hall–Kier alpha value is -12.6. The molecule has 0 aliphatic carbocycles. The summed E-state index contributed by atoms with van der Waals surface area (Å²) in [6.45, 7) is 11.7. The van der Waals surface area contributed by atoms with E-state index in [-0.39, 0.29) is 53.3 Å². The van der Waals surface area contributed by atoms with Crippen LogP contribution in [0.2, 0.25) is 0 Å². The van der Waals surface area contributed by atoms with E-state index in [0.717, 1.165) is 118 Å². The number of aromatic amines is 3. The summed E-state index contributed by atoms with van der Waals surface area (Å²) in [4.78, 5) is 73.6. The molecule has 0 aliphatic heterocycles. The highest BCUT2D eigenvalue weighted by atomic mass is 16.3. The van der Waals surface area contributed by atoms with Crippen molar-refractivity contribution >= 4 is 57.3 Å². The number of aromatic nitrogens is 6. The molecule has 20 nitrogen and oxygen atoms in total. The van der Waals surface area contributed by atoms with Crippen molar-refractivity contribution in [1.29, 1.82) is 0 Å². The predicted molar refractivity (Wildman–Crippen MR) is 439 cm³/mol. The number of hydrogen-bond acceptors (Lipinski definition) is 16. The lowest BCUT2D eigenvalue weighted by molar-refractivity contribution is -0.117. The van der Waals surface area contributed by atoms with Crippen molar-refractivity contribution in [2.24, 2.45) is 0 Å². The Bertz CT molecular complexity index is 5000. The summed E-state index contributed by atoms with van der Waals surface area (Å²) in [7, 11) is 24.0. The number of aryl methyl sites for hydroxylation is 3. The number of hydrogen-bond donors (Lipinski definition) is 8. The Labute approximate surface area is 627 Å². The Morgan fingerprint density at radius 3 is 1.02 bits per heavy atom. The van der Waals surface area contributed by atoms with Crippen molar-refractivity contribution in [3.05, 3.63) is 203 Å². The molecule has 20 heteroatoms. The van der Waals surface area contributed by atoms with Gasteiger partial charge in [-0.25, -0.2) is 15.0 Å². The number of amides is 1. The van der Waals surface area contributed by atoms with Crippen LogP contribution in [0.15, 0.2) is 170 Å². The topological polar surface area (TPSA) is 250 Å². The molecule has 0 aliphatic rings. The van der Waals surface area contributed by atoms with Crippen LogP contribution in [0, 0.1) is 27.7 Å². The van der Waals surface area contributed by atoms with Crippen LogP contribution in [-0.4, -0.2) is 152 Å². The number of carbonyl (C=O) groups is 3. The first kappa shape index (κ1) is 77.0. The van der Waals surface area contributed by atoms with Crippen molar-refractivity contribution in [2.75, 3.05) is 119 Å². The fraction of sp³-hybridized carbons (Fsp3) is 0.241. The van der Waals surface area contributed by atoms with Gasteiger partial charge in [-0.15, -0.1) is 0 Å². The van der Waals surface area contributed by atoms with Crippen LogP contribution in [0.4, 0.5) is 39.8 Å². The average molecular weight is 1440 g/mol. The number of anilines is 7. The Kier molecular flexibility index (Phi) is 23.5. The fourth-order valence-electron chi connectivity index (χ4n) is 12.6. The van der Waals surface area contributed by atoms with Gasteiger partial charge in [0.25, 0.3) is 0 Å². The quantitative estimate of drug-likeness (QED) is 0.0353. The highest BCUT2D eigenvalue weighted by Crippen LogP contribution is 2.44. The Balaban J connectivity index is 0.000000172. The van der Waals surface area contributed by atoms with Gasteiger partial charge >= 0.3 is 0 Å². The number of nitrogens with zero attached hydrogens (tertiary/aromatic N) is 9. The second kappa shape index (κ2) is 32.6. The molecule has 12 rings (SSSR count). The molecule has 0 unspecified atom stereocenters. The molecule has 3 aromatic heterocycles. The first-order valence-corrected chi connectivity index (χ1v) is 35.2. The summed E-state index contributed by atoms with van der Waals surface area (Å²) >= 11 is 0. The zero-order valence-electron chi connectivity index (χ0n) is 64.6. The summed E-state index contributed by atoms with van der Waals surface area (Å²) in [5.74, 6) is 1.94. The third-order valence-corrected chi connectivity index (χ3v) is 18.7. The highest BCUT2D eigenvalue weighted by Gasteiger charge is 2.25. The maximum atomic E-state index is 12.1. The van der Waals surface area contributed by atoms with Gasteiger partial charge < -0.3 is 70.1 Å². The summed E-state index contributed by atoms with van der Waals surface area (Å²) < 4.78 is 0. The second-order valence-electron chi connectivity index (χ2n) is 28.4. The van der Waals surface area contributed by atoms with Gasteiger partial charge in [-0.1, -0.05) is 60.7 Å². The van der Waals surface area contributed by atoms with E-state index >= 15 is 0 Å². The molecule has 0 radical (unpaired) electrons. The van der Waals surface area contributed by atoms with Gasteiger partial charge in [0.15, 0.2) is 0 Å².